The fourth-order valence-corrected chi connectivity index (χ4v) is 4.83. The van der Waals surface area contributed by atoms with Gasteiger partial charge in [-0.05, 0) is 58.4 Å². The van der Waals surface area contributed by atoms with Crippen LogP contribution >= 0.6 is 0 Å². The van der Waals surface area contributed by atoms with Gasteiger partial charge in [0.1, 0.15) is 5.60 Å². The molecule has 160 valence electrons. The Bertz CT molecular complexity index is 701. The smallest absolute Gasteiger partial charge is 0.309 e. The number of hydrogen-bond donors (Lipinski definition) is 1. The Hall–Kier alpha value is -1.84. The first-order valence-corrected chi connectivity index (χ1v) is 11.3. The Morgan fingerprint density at radius 1 is 1.17 bits per heavy atom. The van der Waals surface area contributed by atoms with Crippen LogP contribution in [-0.4, -0.2) is 23.5 Å². The fourth-order valence-electron chi connectivity index (χ4n) is 4.83. The van der Waals surface area contributed by atoms with Crippen molar-refractivity contribution in [2.75, 3.05) is 0 Å². The lowest BCUT2D eigenvalue weighted by Gasteiger charge is -2.32. The number of esters is 1. The van der Waals surface area contributed by atoms with Crippen LogP contribution in [0.2, 0.25) is 0 Å². The van der Waals surface area contributed by atoms with Gasteiger partial charge in [0, 0.05) is 12.0 Å². The third-order valence-electron chi connectivity index (χ3n) is 6.39. The van der Waals surface area contributed by atoms with Crippen LogP contribution < -0.4 is 5.32 Å². The predicted octanol–water partition coefficient (Wildman–Crippen LogP) is 5.37. The molecule has 1 aromatic carbocycles. The molecule has 2 fully saturated rings. The summed E-state index contributed by atoms with van der Waals surface area (Å²) in [6, 6.07) is 10.7. The molecular weight excluding hydrogens is 362 g/mol. The van der Waals surface area contributed by atoms with Gasteiger partial charge >= 0.3 is 5.97 Å². The summed E-state index contributed by atoms with van der Waals surface area (Å²) in [5.74, 6) is 0.234. The van der Waals surface area contributed by atoms with Gasteiger partial charge in [-0.3, -0.25) is 9.59 Å². The third-order valence-corrected chi connectivity index (χ3v) is 6.39. The number of rotatable bonds is 8. The maximum absolute atomic E-state index is 13.4. The van der Waals surface area contributed by atoms with E-state index in [1.165, 1.54) is 5.56 Å². The van der Waals surface area contributed by atoms with Gasteiger partial charge in [0.25, 0.3) is 0 Å². The lowest BCUT2D eigenvalue weighted by atomic mass is 9.75. The van der Waals surface area contributed by atoms with Crippen molar-refractivity contribution in [3.05, 3.63) is 35.9 Å². The Kier molecular flexibility index (Phi) is 6.70. The van der Waals surface area contributed by atoms with Crippen LogP contribution in [0.5, 0.6) is 0 Å². The number of nitrogens with one attached hydrogen (secondary N) is 1. The summed E-state index contributed by atoms with van der Waals surface area (Å²) in [5.41, 5.74) is 0.391. The van der Waals surface area contributed by atoms with Crippen LogP contribution in [0, 0.1) is 11.3 Å². The maximum atomic E-state index is 13.4. The van der Waals surface area contributed by atoms with Gasteiger partial charge in [-0.1, -0.05) is 56.5 Å². The average molecular weight is 400 g/mol. The van der Waals surface area contributed by atoms with Gasteiger partial charge in [-0.25, -0.2) is 0 Å². The van der Waals surface area contributed by atoms with Crippen molar-refractivity contribution in [3.63, 3.8) is 0 Å². The summed E-state index contributed by atoms with van der Waals surface area (Å²) in [7, 11) is 0. The quantitative estimate of drug-likeness (QED) is 0.598. The van der Waals surface area contributed by atoms with Crippen molar-refractivity contribution in [3.8, 4) is 0 Å². The van der Waals surface area contributed by atoms with Crippen LogP contribution in [0.25, 0.3) is 0 Å². The number of benzene rings is 1. The normalized spacial score (nSPS) is 24.0. The Labute approximate surface area is 175 Å². The van der Waals surface area contributed by atoms with E-state index in [4.69, 9.17) is 4.74 Å². The zero-order valence-electron chi connectivity index (χ0n) is 18.5. The van der Waals surface area contributed by atoms with Crippen LogP contribution in [0.15, 0.2) is 30.3 Å². The van der Waals surface area contributed by atoms with Crippen molar-refractivity contribution in [1.29, 1.82) is 0 Å². The molecule has 0 aliphatic heterocycles. The average Bonchev–Trinajstić information content (AvgIpc) is 3.26. The van der Waals surface area contributed by atoms with Crippen molar-refractivity contribution in [2.24, 2.45) is 11.3 Å². The molecule has 2 saturated carbocycles. The highest BCUT2D eigenvalue weighted by Gasteiger charge is 2.48. The van der Waals surface area contributed by atoms with E-state index in [0.717, 1.165) is 44.9 Å². The first-order chi connectivity index (χ1) is 13.7. The fraction of sp³-hybridized carbons (Fsp3) is 0.680. The van der Waals surface area contributed by atoms with E-state index >= 15 is 0 Å². The maximum Gasteiger partial charge on any atom is 0.309 e. The molecule has 3 rings (SSSR count). The third kappa shape index (κ3) is 5.61. The largest absolute Gasteiger partial charge is 0.460 e. The highest BCUT2D eigenvalue weighted by atomic mass is 16.6. The van der Waals surface area contributed by atoms with Crippen molar-refractivity contribution in [2.45, 2.75) is 96.6 Å². The van der Waals surface area contributed by atoms with E-state index in [1.807, 2.05) is 26.8 Å². The van der Waals surface area contributed by atoms with Gasteiger partial charge in [0.15, 0.2) is 0 Å². The second-order valence-electron chi connectivity index (χ2n) is 10.0. The molecule has 2 aliphatic rings. The van der Waals surface area contributed by atoms with Crippen LogP contribution in [0.3, 0.4) is 0 Å². The molecule has 4 nitrogen and oxygen atoms in total. The molecular formula is C25H37NO3. The van der Waals surface area contributed by atoms with Crippen molar-refractivity contribution >= 4 is 11.9 Å². The first-order valence-electron chi connectivity index (χ1n) is 11.3. The molecule has 1 aromatic rings. The number of carbonyl (C=O) groups excluding carboxylic acids is 2. The van der Waals surface area contributed by atoms with E-state index in [1.54, 1.807) is 0 Å². The lowest BCUT2D eigenvalue weighted by molar-refractivity contribution is -0.162. The molecule has 0 aromatic heterocycles. The van der Waals surface area contributed by atoms with Crippen LogP contribution in [0.1, 0.15) is 90.5 Å². The lowest BCUT2D eigenvalue weighted by Crippen LogP contribution is -2.43. The minimum absolute atomic E-state index is 0.146. The second-order valence-corrected chi connectivity index (χ2v) is 10.0. The second kappa shape index (κ2) is 8.89. The van der Waals surface area contributed by atoms with Gasteiger partial charge in [-0.2, -0.15) is 0 Å². The molecule has 3 atom stereocenters. The molecule has 4 heteroatoms. The molecule has 0 saturated heterocycles. The highest BCUT2D eigenvalue weighted by Crippen LogP contribution is 2.47. The predicted molar refractivity (Wildman–Crippen MR) is 115 cm³/mol. The molecule has 29 heavy (non-hydrogen) atoms. The summed E-state index contributed by atoms with van der Waals surface area (Å²) >= 11 is 0. The monoisotopic (exact) mass is 399 g/mol. The van der Waals surface area contributed by atoms with Crippen molar-refractivity contribution < 1.29 is 14.3 Å². The van der Waals surface area contributed by atoms with Crippen LogP contribution in [0.4, 0.5) is 0 Å². The standard InChI is InChI=1S/C25H37NO3/c1-5-11-19(22(27)29-24(2,3)4)17-25(14-9-10-15-25)23(28)26-21-16-20(21)18-12-7-6-8-13-18/h6-8,12-13,19-21H,5,9-11,14-17H2,1-4H3,(H,26,28). The molecule has 0 radical (unpaired) electrons. The molecule has 0 spiro atoms. The van der Waals surface area contributed by atoms with E-state index < -0.39 is 11.0 Å². The molecule has 0 bridgehead atoms. The van der Waals surface area contributed by atoms with Gasteiger partial charge < -0.3 is 10.1 Å². The summed E-state index contributed by atoms with van der Waals surface area (Å²) in [5, 5.41) is 3.33. The Morgan fingerprint density at radius 3 is 2.41 bits per heavy atom. The molecule has 3 unspecified atom stereocenters. The number of carbonyl (C=O) groups is 2. The summed E-state index contributed by atoms with van der Waals surface area (Å²) in [4.78, 5) is 26.2. The topological polar surface area (TPSA) is 55.4 Å². The zero-order valence-corrected chi connectivity index (χ0v) is 18.5. The number of amides is 1. The summed E-state index contributed by atoms with van der Waals surface area (Å²) in [6.45, 7) is 7.81. The number of ether oxygens (including phenoxy) is 1. The molecule has 1 amide bonds. The van der Waals surface area contributed by atoms with E-state index in [0.29, 0.717) is 12.3 Å². The summed E-state index contributed by atoms with van der Waals surface area (Å²) in [6.07, 6.45) is 7.21. The summed E-state index contributed by atoms with van der Waals surface area (Å²) < 4.78 is 5.69. The minimum atomic E-state index is -0.495. The van der Waals surface area contributed by atoms with Gasteiger partial charge in [-0.15, -0.1) is 0 Å². The zero-order chi connectivity index (χ0) is 21.1. The SMILES string of the molecule is CCCC(CC1(C(=O)NC2CC2c2ccccc2)CCCC1)C(=O)OC(C)(C)C. The Morgan fingerprint density at radius 2 is 1.83 bits per heavy atom. The highest BCUT2D eigenvalue weighted by molar-refractivity contribution is 5.84. The number of hydrogen-bond acceptors (Lipinski definition) is 3. The van der Waals surface area contributed by atoms with Crippen molar-refractivity contribution in [1.82, 2.24) is 5.32 Å². The minimum Gasteiger partial charge on any atom is -0.460 e. The molecule has 1 N–H and O–H groups in total. The van der Waals surface area contributed by atoms with Gasteiger partial charge in [0.05, 0.1) is 11.3 Å². The van der Waals surface area contributed by atoms with Gasteiger partial charge in [0.2, 0.25) is 5.91 Å². The Balaban J connectivity index is 1.66. The molecule has 0 heterocycles. The first kappa shape index (κ1) is 21.9. The van der Waals surface area contributed by atoms with E-state index in [9.17, 15) is 9.59 Å². The van der Waals surface area contributed by atoms with Crippen LogP contribution in [-0.2, 0) is 14.3 Å². The van der Waals surface area contributed by atoms with E-state index in [-0.39, 0.29) is 23.8 Å². The molecule has 2 aliphatic carbocycles. The van der Waals surface area contributed by atoms with E-state index in [2.05, 4.69) is 36.5 Å².